The van der Waals surface area contributed by atoms with E-state index in [4.69, 9.17) is 0 Å². The summed E-state index contributed by atoms with van der Waals surface area (Å²) in [5.41, 5.74) is 2.71. The molecular formula is C16H25N3O. The van der Waals surface area contributed by atoms with Gasteiger partial charge < -0.3 is 5.32 Å². The van der Waals surface area contributed by atoms with Gasteiger partial charge in [0.15, 0.2) is 0 Å². The highest BCUT2D eigenvalue weighted by atomic mass is 16.1. The van der Waals surface area contributed by atoms with Gasteiger partial charge in [0.05, 0.1) is 12.2 Å². The molecule has 0 spiro atoms. The molecule has 4 heteroatoms. The lowest BCUT2D eigenvalue weighted by atomic mass is 9.74. The van der Waals surface area contributed by atoms with Gasteiger partial charge in [-0.15, -0.1) is 0 Å². The Balaban J connectivity index is 1.80. The lowest BCUT2D eigenvalue weighted by molar-refractivity contribution is -0.125. The van der Waals surface area contributed by atoms with Crippen molar-refractivity contribution < 1.29 is 4.79 Å². The van der Waals surface area contributed by atoms with Crippen molar-refractivity contribution in [1.82, 2.24) is 15.1 Å². The van der Waals surface area contributed by atoms with E-state index in [0.29, 0.717) is 0 Å². The number of nitrogens with zero attached hydrogens (tertiary/aromatic N) is 2. The molecule has 0 aromatic carbocycles. The summed E-state index contributed by atoms with van der Waals surface area (Å²) >= 11 is 0. The maximum atomic E-state index is 12.4. The van der Waals surface area contributed by atoms with Crippen molar-refractivity contribution in [3.8, 4) is 0 Å². The predicted molar refractivity (Wildman–Crippen MR) is 78.2 cm³/mol. The molecule has 1 aromatic heterocycles. The highest BCUT2D eigenvalue weighted by Crippen LogP contribution is 2.40. The van der Waals surface area contributed by atoms with Gasteiger partial charge in [-0.3, -0.25) is 9.48 Å². The van der Waals surface area contributed by atoms with Crippen LogP contribution >= 0.6 is 0 Å². The Morgan fingerprint density at radius 2 is 2.10 bits per heavy atom. The Labute approximate surface area is 120 Å². The molecule has 1 N–H and O–H groups in total. The number of carbonyl (C=O) groups excluding carboxylic acids is 1. The number of carbonyl (C=O) groups is 1. The van der Waals surface area contributed by atoms with Crippen molar-refractivity contribution in [1.29, 1.82) is 0 Å². The first-order chi connectivity index (χ1) is 9.46. The van der Waals surface area contributed by atoms with Crippen LogP contribution in [0.25, 0.3) is 0 Å². The molecule has 110 valence electrons. The fourth-order valence-corrected chi connectivity index (χ4v) is 3.78. The first-order valence-corrected chi connectivity index (χ1v) is 7.77. The topological polar surface area (TPSA) is 46.9 Å². The van der Waals surface area contributed by atoms with E-state index >= 15 is 0 Å². The van der Waals surface area contributed by atoms with Crippen LogP contribution in [0, 0.1) is 11.3 Å². The summed E-state index contributed by atoms with van der Waals surface area (Å²) in [6.07, 6.45) is 8.49. The minimum Gasteiger partial charge on any atom is -0.349 e. The molecule has 1 unspecified atom stereocenters. The molecule has 1 amide bonds. The smallest absolute Gasteiger partial charge is 0.223 e. The van der Waals surface area contributed by atoms with Crippen molar-refractivity contribution in [2.24, 2.45) is 18.4 Å². The van der Waals surface area contributed by atoms with Gasteiger partial charge >= 0.3 is 0 Å². The Kier molecular flexibility index (Phi) is 3.35. The monoisotopic (exact) mass is 275 g/mol. The zero-order chi connectivity index (χ0) is 14.3. The van der Waals surface area contributed by atoms with Gasteiger partial charge in [-0.2, -0.15) is 5.10 Å². The summed E-state index contributed by atoms with van der Waals surface area (Å²) in [6, 6.07) is 0.135. The van der Waals surface area contributed by atoms with Gasteiger partial charge in [0.2, 0.25) is 5.91 Å². The van der Waals surface area contributed by atoms with E-state index in [2.05, 4.69) is 24.3 Å². The number of aromatic nitrogens is 2. The van der Waals surface area contributed by atoms with Gasteiger partial charge in [-0.05, 0) is 31.1 Å². The second-order valence-corrected chi connectivity index (χ2v) is 7.26. The molecule has 1 atom stereocenters. The van der Waals surface area contributed by atoms with Crippen LogP contribution in [0.3, 0.4) is 0 Å². The fourth-order valence-electron chi connectivity index (χ4n) is 3.78. The lowest BCUT2D eigenvalue weighted by Gasteiger charge is -2.36. The molecule has 4 nitrogen and oxygen atoms in total. The second-order valence-electron chi connectivity index (χ2n) is 7.26. The number of fused-ring (bicyclic) bond motifs is 1. The van der Waals surface area contributed by atoms with Crippen LogP contribution in [0.15, 0.2) is 6.20 Å². The van der Waals surface area contributed by atoms with Crippen molar-refractivity contribution >= 4 is 5.91 Å². The Hall–Kier alpha value is -1.32. The number of rotatable bonds is 2. The number of aryl methyl sites for hydroxylation is 1. The molecule has 1 aromatic rings. The van der Waals surface area contributed by atoms with E-state index in [9.17, 15) is 4.79 Å². The Morgan fingerprint density at radius 3 is 2.80 bits per heavy atom. The molecule has 3 rings (SSSR count). The highest BCUT2D eigenvalue weighted by Gasteiger charge is 2.36. The largest absolute Gasteiger partial charge is 0.349 e. The van der Waals surface area contributed by atoms with Crippen molar-refractivity contribution in [2.45, 2.75) is 58.4 Å². The van der Waals surface area contributed by atoms with E-state index in [-0.39, 0.29) is 23.3 Å². The number of hydrogen-bond donors (Lipinski definition) is 1. The predicted octanol–water partition coefficient (Wildman–Crippen LogP) is 2.74. The first-order valence-electron chi connectivity index (χ1n) is 7.77. The maximum Gasteiger partial charge on any atom is 0.223 e. The van der Waals surface area contributed by atoms with E-state index in [1.165, 1.54) is 24.1 Å². The van der Waals surface area contributed by atoms with Gasteiger partial charge in [0, 0.05) is 24.2 Å². The third-order valence-corrected chi connectivity index (χ3v) is 4.91. The third-order valence-electron chi connectivity index (χ3n) is 4.91. The SMILES string of the molecule is Cn1ncc2c1CC(C)(C)CC2NC(=O)C1CCCC1. The summed E-state index contributed by atoms with van der Waals surface area (Å²) in [4.78, 5) is 12.4. The van der Waals surface area contributed by atoms with Crippen LogP contribution in [0.4, 0.5) is 0 Å². The van der Waals surface area contributed by atoms with Crippen LogP contribution in [0.1, 0.15) is 63.3 Å². The second kappa shape index (κ2) is 4.90. The van der Waals surface area contributed by atoms with Gasteiger partial charge in [0.1, 0.15) is 0 Å². The van der Waals surface area contributed by atoms with Gasteiger partial charge in [0.25, 0.3) is 0 Å². The average Bonchev–Trinajstić information content (AvgIpc) is 2.99. The van der Waals surface area contributed by atoms with Crippen LogP contribution < -0.4 is 5.32 Å². The van der Waals surface area contributed by atoms with Crippen LogP contribution in [0.2, 0.25) is 0 Å². The standard InChI is InChI=1S/C16H25N3O/c1-16(2)8-13(12-10-17-19(3)14(12)9-16)18-15(20)11-6-4-5-7-11/h10-11,13H,4-9H2,1-3H3,(H,18,20). The minimum absolute atomic E-state index is 0.135. The van der Waals surface area contributed by atoms with E-state index in [0.717, 1.165) is 25.7 Å². The zero-order valence-corrected chi connectivity index (χ0v) is 12.8. The summed E-state index contributed by atoms with van der Waals surface area (Å²) in [6.45, 7) is 4.55. The Morgan fingerprint density at radius 1 is 1.40 bits per heavy atom. The van der Waals surface area contributed by atoms with Crippen molar-refractivity contribution in [2.75, 3.05) is 0 Å². The molecule has 2 aliphatic carbocycles. The third kappa shape index (κ3) is 2.48. The van der Waals surface area contributed by atoms with Gasteiger partial charge in [-0.25, -0.2) is 0 Å². The first kappa shape index (κ1) is 13.7. The molecule has 0 radical (unpaired) electrons. The van der Waals surface area contributed by atoms with E-state index < -0.39 is 0 Å². The average molecular weight is 275 g/mol. The van der Waals surface area contributed by atoms with Gasteiger partial charge in [-0.1, -0.05) is 26.7 Å². The van der Waals surface area contributed by atoms with Crippen LogP contribution in [-0.2, 0) is 18.3 Å². The molecule has 0 bridgehead atoms. The minimum atomic E-state index is 0.135. The molecule has 1 fully saturated rings. The maximum absolute atomic E-state index is 12.4. The molecule has 20 heavy (non-hydrogen) atoms. The number of amides is 1. The van der Waals surface area contributed by atoms with Crippen LogP contribution in [-0.4, -0.2) is 15.7 Å². The molecule has 0 aliphatic heterocycles. The normalized spacial score (nSPS) is 25.4. The molecule has 0 saturated heterocycles. The lowest BCUT2D eigenvalue weighted by Crippen LogP contribution is -2.38. The molecule has 1 heterocycles. The zero-order valence-electron chi connectivity index (χ0n) is 12.8. The van der Waals surface area contributed by atoms with Crippen molar-refractivity contribution in [3.63, 3.8) is 0 Å². The van der Waals surface area contributed by atoms with Crippen LogP contribution in [0.5, 0.6) is 0 Å². The number of hydrogen-bond acceptors (Lipinski definition) is 2. The molecular weight excluding hydrogens is 250 g/mol. The summed E-state index contributed by atoms with van der Waals surface area (Å²) < 4.78 is 1.96. The fraction of sp³-hybridized carbons (Fsp3) is 0.750. The molecule has 1 saturated carbocycles. The highest BCUT2D eigenvalue weighted by molar-refractivity contribution is 5.79. The summed E-state index contributed by atoms with van der Waals surface area (Å²) in [5.74, 6) is 0.486. The van der Waals surface area contributed by atoms with E-state index in [1.54, 1.807) is 0 Å². The summed E-state index contributed by atoms with van der Waals surface area (Å²) in [5, 5.41) is 7.68. The number of nitrogens with one attached hydrogen (secondary N) is 1. The molecule has 2 aliphatic rings. The summed E-state index contributed by atoms with van der Waals surface area (Å²) in [7, 11) is 2.00. The van der Waals surface area contributed by atoms with Crippen molar-refractivity contribution in [3.05, 3.63) is 17.5 Å². The quantitative estimate of drug-likeness (QED) is 0.902. The van der Waals surface area contributed by atoms with E-state index in [1.807, 2.05) is 17.9 Å². The Bertz CT molecular complexity index is 512.